The van der Waals surface area contributed by atoms with Gasteiger partial charge in [0.1, 0.15) is 5.75 Å². The van der Waals surface area contributed by atoms with E-state index in [1.807, 2.05) is 6.92 Å². The van der Waals surface area contributed by atoms with Crippen LogP contribution in [0.15, 0.2) is 23.1 Å². The fourth-order valence-electron chi connectivity index (χ4n) is 1.63. The zero-order valence-corrected chi connectivity index (χ0v) is 13.2. The number of carbonyl (C=O) groups is 1. The van der Waals surface area contributed by atoms with E-state index in [1.165, 1.54) is 25.3 Å². The predicted octanol–water partition coefficient (Wildman–Crippen LogP) is 0.656. The first kappa shape index (κ1) is 17.4. The molecule has 1 unspecified atom stereocenters. The first-order chi connectivity index (χ1) is 9.67. The van der Waals surface area contributed by atoms with Crippen LogP contribution in [0.5, 0.6) is 5.75 Å². The van der Waals surface area contributed by atoms with Gasteiger partial charge in [-0.2, -0.15) is 0 Å². The molecule has 0 aliphatic carbocycles. The van der Waals surface area contributed by atoms with Crippen LogP contribution in [-0.2, 0) is 14.8 Å². The number of ether oxygens (including phenoxy) is 1. The third-order valence-corrected chi connectivity index (χ3v) is 4.44. The van der Waals surface area contributed by atoms with Crippen LogP contribution in [0.3, 0.4) is 0 Å². The maximum atomic E-state index is 12.3. The molecule has 1 amide bonds. The average molecular weight is 315 g/mol. The van der Waals surface area contributed by atoms with Gasteiger partial charge in [-0.15, -0.1) is 0 Å². The molecule has 5 N–H and O–H groups in total. The van der Waals surface area contributed by atoms with Crippen LogP contribution >= 0.6 is 0 Å². The number of hydrogen-bond acceptors (Lipinski definition) is 5. The zero-order chi connectivity index (χ0) is 16.3. The van der Waals surface area contributed by atoms with Crippen molar-refractivity contribution in [3.8, 4) is 5.75 Å². The number of methoxy groups -OCH3 is 1. The van der Waals surface area contributed by atoms with Crippen LogP contribution in [-0.4, -0.2) is 28.0 Å². The summed E-state index contributed by atoms with van der Waals surface area (Å²) in [5.41, 5.74) is 5.12. The lowest BCUT2D eigenvalue weighted by Crippen LogP contribution is -2.39. The van der Waals surface area contributed by atoms with Crippen molar-refractivity contribution in [1.82, 2.24) is 0 Å². The third-order valence-electron chi connectivity index (χ3n) is 3.53. The first-order valence-electron chi connectivity index (χ1n) is 6.40. The van der Waals surface area contributed by atoms with Crippen molar-refractivity contribution in [2.75, 3.05) is 19.0 Å². The SMILES string of the molecule is CCC(C)(CN)C(=O)Nc1cc(S(N)(=O)=O)ccc1OC. The molecule has 118 valence electrons. The van der Waals surface area contributed by atoms with E-state index in [4.69, 9.17) is 15.6 Å². The van der Waals surface area contributed by atoms with Crippen LogP contribution in [0, 0.1) is 5.41 Å². The summed E-state index contributed by atoms with van der Waals surface area (Å²) >= 11 is 0. The van der Waals surface area contributed by atoms with Gasteiger partial charge in [0.15, 0.2) is 0 Å². The molecule has 0 bridgehead atoms. The molecule has 7 nitrogen and oxygen atoms in total. The van der Waals surface area contributed by atoms with Gasteiger partial charge in [0.05, 0.1) is 23.1 Å². The van der Waals surface area contributed by atoms with E-state index in [-0.39, 0.29) is 23.0 Å². The average Bonchev–Trinajstić information content (AvgIpc) is 2.45. The Morgan fingerprint density at radius 1 is 1.43 bits per heavy atom. The summed E-state index contributed by atoms with van der Waals surface area (Å²) in [5.74, 6) is 0.0311. The quantitative estimate of drug-likeness (QED) is 0.711. The summed E-state index contributed by atoms with van der Waals surface area (Å²) < 4.78 is 27.9. The normalized spacial score (nSPS) is 14.3. The largest absolute Gasteiger partial charge is 0.495 e. The molecule has 0 radical (unpaired) electrons. The lowest BCUT2D eigenvalue weighted by molar-refractivity contribution is -0.124. The summed E-state index contributed by atoms with van der Waals surface area (Å²) in [4.78, 5) is 12.2. The summed E-state index contributed by atoms with van der Waals surface area (Å²) in [6, 6.07) is 4.01. The monoisotopic (exact) mass is 315 g/mol. The molecule has 0 aliphatic heterocycles. The number of primary sulfonamides is 1. The molecule has 0 aliphatic rings. The highest BCUT2D eigenvalue weighted by Crippen LogP contribution is 2.29. The van der Waals surface area contributed by atoms with Crippen LogP contribution < -0.4 is 20.9 Å². The molecular weight excluding hydrogens is 294 g/mol. The molecule has 1 aromatic carbocycles. The van der Waals surface area contributed by atoms with Crippen molar-refractivity contribution in [2.24, 2.45) is 16.3 Å². The van der Waals surface area contributed by atoms with Gasteiger partial charge < -0.3 is 15.8 Å². The zero-order valence-electron chi connectivity index (χ0n) is 12.3. The highest BCUT2D eigenvalue weighted by molar-refractivity contribution is 7.89. The van der Waals surface area contributed by atoms with Gasteiger partial charge in [0.2, 0.25) is 15.9 Å². The number of amides is 1. The van der Waals surface area contributed by atoms with E-state index in [0.717, 1.165) is 0 Å². The number of rotatable bonds is 6. The van der Waals surface area contributed by atoms with Crippen molar-refractivity contribution in [3.63, 3.8) is 0 Å². The molecular formula is C13H21N3O4S. The van der Waals surface area contributed by atoms with Crippen LogP contribution in [0.4, 0.5) is 5.69 Å². The van der Waals surface area contributed by atoms with E-state index < -0.39 is 15.4 Å². The Hall–Kier alpha value is -1.64. The van der Waals surface area contributed by atoms with Gasteiger partial charge in [-0.1, -0.05) is 6.92 Å². The lowest BCUT2D eigenvalue weighted by atomic mass is 9.86. The van der Waals surface area contributed by atoms with Crippen LogP contribution in [0.1, 0.15) is 20.3 Å². The second-order valence-corrected chi connectivity index (χ2v) is 6.54. The maximum absolute atomic E-state index is 12.3. The molecule has 0 heterocycles. The topological polar surface area (TPSA) is 125 Å². The molecule has 0 spiro atoms. The molecule has 0 aromatic heterocycles. The number of nitrogens with two attached hydrogens (primary N) is 2. The molecule has 1 rings (SSSR count). The Morgan fingerprint density at radius 3 is 2.48 bits per heavy atom. The minimum Gasteiger partial charge on any atom is -0.495 e. The second-order valence-electron chi connectivity index (χ2n) is 4.98. The second kappa shape index (κ2) is 6.42. The Morgan fingerprint density at radius 2 is 2.05 bits per heavy atom. The van der Waals surface area contributed by atoms with Gasteiger partial charge >= 0.3 is 0 Å². The Labute approximate surface area is 124 Å². The number of hydrogen-bond donors (Lipinski definition) is 3. The van der Waals surface area contributed by atoms with Crippen LogP contribution in [0.2, 0.25) is 0 Å². The standard InChI is InChI=1S/C13H21N3O4S/c1-4-13(2,8-14)12(17)16-10-7-9(21(15,18)19)5-6-11(10)20-3/h5-7H,4,8,14H2,1-3H3,(H,16,17)(H2,15,18,19). The molecule has 21 heavy (non-hydrogen) atoms. The number of sulfonamides is 1. The third kappa shape index (κ3) is 3.93. The Bertz CT molecular complexity index is 624. The van der Waals surface area contributed by atoms with Gasteiger partial charge in [-0.05, 0) is 31.5 Å². The minimum atomic E-state index is -3.86. The summed E-state index contributed by atoms with van der Waals surface area (Å²) in [6.07, 6.45) is 0.548. The van der Waals surface area contributed by atoms with E-state index in [0.29, 0.717) is 12.2 Å². The van der Waals surface area contributed by atoms with Crippen molar-refractivity contribution >= 4 is 21.6 Å². The number of nitrogens with one attached hydrogen (secondary N) is 1. The van der Waals surface area contributed by atoms with E-state index in [1.54, 1.807) is 6.92 Å². The minimum absolute atomic E-state index is 0.107. The highest BCUT2D eigenvalue weighted by Gasteiger charge is 2.30. The fourth-order valence-corrected chi connectivity index (χ4v) is 2.17. The van der Waals surface area contributed by atoms with E-state index in [2.05, 4.69) is 5.32 Å². The summed E-state index contributed by atoms with van der Waals surface area (Å²) in [7, 11) is -2.44. The Balaban J connectivity index is 3.20. The molecule has 0 fully saturated rings. The summed E-state index contributed by atoms with van der Waals surface area (Å²) in [5, 5.41) is 7.74. The maximum Gasteiger partial charge on any atom is 0.238 e. The van der Waals surface area contributed by atoms with Gasteiger partial charge in [0.25, 0.3) is 0 Å². The van der Waals surface area contributed by atoms with Crippen molar-refractivity contribution in [3.05, 3.63) is 18.2 Å². The highest BCUT2D eigenvalue weighted by atomic mass is 32.2. The summed E-state index contributed by atoms with van der Waals surface area (Å²) in [6.45, 7) is 3.76. The van der Waals surface area contributed by atoms with Crippen molar-refractivity contribution in [1.29, 1.82) is 0 Å². The van der Waals surface area contributed by atoms with E-state index >= 15 is 0 Å². The molecule has 8 heteroatoms. The Kier molecular flexibility index (Phi) is 5.32. The molecule has 1 atom stereocenters. The lowest BCUT2D eigenvalue weighted by Gasteiger charge is -2.25. The van der Waals surface area contributed by atoms with Crippen molar-refractivity contribution < 1.29 is 17.9 Å². The number of carbonyl (C=O) groups excluding carboxylic acids is 1. The van der Waals surface area contributed by atoms with Crippen LogP contribution in [0.25, 0.3) is 0 Å². The molecule has 1 aromatic rings. The van der Waals surface area contributed by atoms with Gasteiger partial charge in [0, 0.05) is 6.54 Å². The first-order valence-corrected chi connectivity index (χ1v) is 7.95. The predicted molar refractivity (Wildman–Crippen MR) is 80.4 cm³/mol. The molecule has 0 saturated carbocycles. The fraction of sp³-hybridized carbons (Fsp3) is 0.462. The van der Waals surface area contributed by atoms with Gasteiger partial charge in [-0.25, -0.2) is 13.6 Å². The van der Waals surface area contributed by atoms with Crippen molar-refractivity contribution in [2.45, 2.75) is 25.2 Å². The number of benzene rings is 1. The van der Waals surface area contributed by atoms with Gasteiger partial charge in [-0.3, -0.25) is 4.79 Å². The molecule has 0 saturated heterocycles. The number of anilines is 1. The smallest absolute Gasteiger partial charge is 0.238 e. The van der Waals surface area contributed by atoms with E-state index in [9.17, 15) is 13.2 Å².